The molecule has 1 atom stereocenters. The predicted molar refractivity (Wildman–Crippen MR) is 78.1 cm³/mol. The molecule has 1 aliphatic heterocycles. The maximum atomic E-state index is 12.8. The second kappa shape index (κ2) is 6.79. The van der Waals surface area contributed by atoms with Crippen LogP contribution < -0.4 is 5.32 Å². The highest BCUT2D eigenvalue weighted by molar-refractivity contribution is 5.28. The van der Waals surface area contributed by atoms with Gasteiger partial charge in [0.1, 0.15) is 0 Å². The number of alkyl halides is 3. The molecular weight excluding hydrogens is 277 g/mol. The summed E-state index contributed by atoms with van der Waals surface area (Å²) in [5, 5.41) is 3.15. The van der Waals surface area contributed by atoms with Gasteiger partial charge in [-0.1, -0.05) is 19.1 Å². The van der Waals surface area contributed by atoms with E-state index in [0.717, 1.165) is 31.6 Å². The average Bonchev–Trinajstić information content (AvgIpc) is 2.46. The Morgan fingerprint density at radius 1 is 1.29 bits per heavy atom. The van der Waals surface area contributed by atoms with E-state index in [1.165, 1.54) is 25.0 Å². The Morgan fingerprint density at radius 2 is 1.95 bits per heavy atom. The molecule has 0 radical (unpaired) electrons. The number of nitrogens with one attached hydrogen (secondary N) is 1. The van der Waals surface area contributed by atoms with Crippen LogP contribution in [0.4, 0.5) is 13.2 Å². The first-order valence-corrected chi connectivity index (χ1v) is 7.47. The van der Waals surface area contributed by atoms with Crippen molar-refractivity contribution in [1.82, 2.24) is 10.2 Å². The van der Waals surface area contributed by atoms with Gasteiger partial charge in [0.15, 0.2) is 0 Å². The number of hydrogen-bond donors (Lipinski definition) is 1. The van der Waals surface area contributed by atoms with Crippen LogP contribution >= 0.6 is 0 Å². The molecule has 2 rings (SSSR count). The van der Waals surface area contributed by atoms with E-state index in [1.54, 1.807) is 13.1 Å². The Morgan fingerprint density at radius 3 is 2.52 bits per heavy atom. The van der Waals surface area contributed by atoms with Crippen molar-refractivity contribution in [3.63, 3.8) is 0 Å². The first-order valence-electron chi connectivity index (χ1n) is 7.47. The van der Waals surface area contributed by atoms with Crippen LogP contribution in [0.1, 0.15) is 36.9 Å². The van der Waals surface area contributed by atoms with Gasteiger partial charge in [-0.25, -0.2) is 0 Å². The lowest BCUT2D eigenvalue weighted by molar-refractivity contribution is -0.137. The smallest absolute Gasteiger partial charge is 0.312 e. The third kappa shape index (κ3) is 4.45. The van der Waals surface area contributed by atoms with Gasteiger partial charge in [0.25, 0.3) is 0 Å². The van der Waals surface area contributed by atoms with Crippen LogP contribution in [0.15, 0.2) is 24.3 Å². The summed E-state index contributed by atoms with van der Waals surface area (Å²) in [5.74, 6) is 0.753. The van der Waals surface area contributed by atoms with Gasteiger partial charge < -0.3 is 10.2 Å². The Kier molecular flexibility index (Phi) is 5.27. The van der Waals surface area contributed by atoms with Gasteiger partial charge in [0, 0.05) is 12.6 Å². The zero-order valence-corrected chi connectivity index (χ0v) is 12.6. The van der Waals surface area contributed by atoms with E-state index in [0.29, 0.717) is 5.56 Å². The van der Waals surface area contributed by atoms with Crippen LogP contribution in [-0.2, 0) is 6.18 Å². The fourth-order valence-electron chi connectivity index (χ4n) is 2.80. The number of likely N-dealkylation sites (N-methyl/N-ethyl adjacent to an activating group) is 1. The van der Waals surface area contributed by atoms with Gasteiger partial charge in [-0.15, -0.1) is 0 Å². The number of hydrogen-bond acceptors (Lipinski definition) is 2. The molecule has 5 heteroatoms. The number of piperidine rings is 1. The maximum absolute atomic E-state index is 12.8. The van der Waals surface area contributed by atoms with E-state index in [4.69, 9.17) is 0 Å². The number of rotatable bonds is 4. The third-order valence-corrected chi connectivity index (χ3v) is 4.28. The highest BCUT2D eigenvalue weighted by Crippen LogP contribution is 2.31. The first kappa shape index (κ1) is 16.3. The summed E-state index contributed by atoms with van der Waals surface area (Å²) in [6.45, 7) is 5.06. The Labute approximate surface area is 124 Å². The number of halogens is 3. The molecule has 1 fully saturated rings. The monoisotopic (exact) mass is 300 g/mol. The molecule has 21 heavy (non-hydrogen) atoms. The molecule has 1 heterocycles. The Hall–Kier alpha value is -1.07. The van der Waals surface area contributed by atoms with Gasteiger partial charge in [-0.3, -0.25) is 0 Å². The minimum absolute atomic E-state index is 0.0688. The number of likely N-dealkylation sites (tertiary alicyclic amines) is 1. The minimum atomic E-state index is -4.28. The molecule has 0 aromatic heterocycles. The fourth-order valence-corrected chi connectivity index (χ4v) is 2.80. The molecule has 1 N–H and O–H groups in total. The predicted octanol–water partition coefficient (Wildman–Crippen LogP) is 3.70. The van der Waals surface area contributed by atoms with E-state index >= 15 is 0 Å². The van der Waals surface area contributed by atoms with Crippen molar-refractivity contribution >= 4 is 0 Å². The fraction of sp³-hybridized carbons (Fsp3) is 0.625. The summed E-state index contributed by atoms with van der Waals surface area (Å²) < 4.78 is 38.4. The van der Waals surface area contributed by atoms with E-state index < -0.39 is 11.7 Å². The van der Waals surface area contributed by atoms with Crippen LogP contribution in [-0.4, -0.2) is 31.6 Å². The summed E-state index contributed by atoms with van der Waals surface area (Å²) in [5.41, 5.74) is 0.124. The molecule has 1 unspecified atom stereocenters. The second-order valence-corrected chi connectivity index (χ2v) is 5.95. The molecule has 118 valence electrons. The molecule has 1 aliphatic rings. The van der Waals surface area contributed by atoms with Crippen molar-refractivity contribution in [2.75, 3.05) is 26.7 Å². The molecule has 0 bridgehead atoms. The Bertz CT molecular complexity index is 451. The molecular formula is C16H23F3N2. The van der Waals surface area contributed by atoms with Crippen molar-refractivity contribution in [1.29, 1.82) is 0 Å². The summed E-state index contributed by atoms with van der Waals surface area (Å²) in [7, 11) is 1.80. The summed E-state index contributed by atoms with van der Waals surface area (Å²) in [6.07, 6.45) is -1.95. The van der Waals surface area contributed by atoms with Crippen molar-refractivity contribution in [2.45, 2.75) is 32.0 Å². The highest BCUT2D eigenvalue weighted by atomic mass is 19.4. The molecule has 1 aromatic rings. The van der Waals surface area contributed by atoms with Crippen molar-refractivity contribution in [2.24, 2.45) is 5.92 Å². The van der Waals surface area contributed by atoms with Gasteiger partial charge >= 0.3 is 6.18 Å². The normalized spacial score (nSPS) is 19.7. The zero-order chi connectivity index (χ0) is 15.5. The van der Waals surface area contributed by atoms with Crippen LogP contribution in [0.3, 0.4) is 0 Å². The first-order chi connectivity index (χ1) is 9.90. The van der Waals surface area contributed by atoms with Gasteiger partial charge in [-0.05, 0) is 56.6 Å². The van der Waals surface area contributed by atoms with E-state index in [9.17, 15) is 13.2 Å². The molecule has 0 spiro atoms. The van der Waals surface area contributed by atoms with Crippen LogP contribution in [0, 0.1) is 5.92 Å². The molecule has 0 aliphatic carbocycles. The van der Waals surface area contributed by atoms with Crippen molar-refractivity contribution in [3.8, 4) is 0 Å². The van der Waals surface area contributed by atoms with Crippen LogP contribution in [0.5, 0.6) is 0 Å². The van der Waals surface area contributed by atoms with Crippen molar-refractivity contribution < 1.29 is 13.2 Å². The highest BCUT2D eigenvalue weighted by Gasteiger charge is 2.31. The summed E-state index contributed by atoms with van der Waals surface area (Å²) in [4.78, 5) is 2.33. The standard InChI is InChI=1S/C16H23F3N2/c1-12-6-8-21(9-7-12)11-15(20-2)13-4-3-5-14(10-13)16(17,18)19/h3-5,10,12,15,20H,6-9,11H2,1-2H3. The van der Waals surface area contributed by atoms with Gasteiger partial charge in [0.05, 0.1) is 5.56 Å². The maximum Gasteiger partial charge on any atom is 0.416 e. The van der Waals surface area contributed by atoms with E-state index in [-0.39, 0.29) is 6.04 Å². The SMILES string of the molecule is CNC(CN1CCC(C)CC1)c1cccc(C(F)(F)F)c1. The van der Waals surface area contributed by atoms with Crippen LogP contribution in [0.2, 0.25) is 0 Å². The van der Waals surface area contributed by atoms with Crippen LogP contribution in [0.25, 0.3) is 0 Å². The third-order valence-electron chi connectivity index (χ3n) is 4.28. The lowest BCUT2D eigenvalue weighted by Crippen LogP contribution is -2.39. The molecule has 1 saturated heterocycles. The lowest BCUT2D eigenvalue weighted by atomic mass is 9.97. The van der Waals surface area contributed by atoms with Gasteiger partial charge in [0.2, 0.25) is 0 Å². The van der Waals surface area contributed by atoms with Gasteiger partial charge in [-0.2, -0.15) is 13.2 Å². The number of benzene rings is 1. The summed E-state index contributed by atoms with van der Waals surface area (Å²) >= 11 is 0. The summed E-state index contributed by atoms with van der Waals surface area (Å²) in [6, 6.07) is 5.57. The quantitative estimate of drug-likeness (QED) is 0.912. The van der Waals surface area contributed by atoms with E-state index in [1.807, 2.05) is 0 Å². The van der Waals surface area contributed by atoms with E-state index in [2.05, 4.69) is 17.1 Å². The zero-order valence-electron chi connectivity index (χ0n) is 12.6. The molecule has 0 saturated carbocycles. The molecule has 2 nitrogen and oxygen atoms in total. The second-order valence-electron chi connectivity index (χ2n) is 5.95. The van der Waals surface area contributed by atoms with Crippen molar-refractivity contribution in [3.05, 3.63) is 35.4 Å². The lowest BCUT2D eigenvalue weighted by Gasteiger charge is -2.33. The largest absolute Gasteiger partial charge is 0.416 e. The minimum Gasteiger partial charge on any atom is -0.312 e. The molecule has 1 aromatic carbocycles. The Balaban J connectivity index is 2.07. The molecule has 0 amide bonds. The average molecular weight is 300 g/mol. The topological polar surface area (TPSA) is 15.3 Å². The number of nitrogens with zero attached hydrogens (tertiary/aromatic N) is 1.